The van der Waals surface area contributed by atoms with E-state index in [1.54, 1.807) is 13.1 Å². The predicted octanol–water partition coefficient (Wildman–Crippen LogP) is 1.00. The molecular formula is C12H12F3N3O+2. The van der Waals surface area contributed by atoms with Gasteiger partial charge in [-0.05, 0) is 12.1 Å². The summed E-state index contributed by atoms with van der Waals surface area (Å²) in [5, 5.41) is 0. The third-order valence-electron chi connectivity index (χ3n) is 2.63. The molecule has 7 heteroatoms. The molecular weight excluding hydrogens is 259 g/mol. The van der Waals surface area contributed by atoms with Crippen molar-refractivity contribution >= 4 is 5.91 Å². The van der Waals surface area contributed by atoms with Crippen molar-refractivity contribution < 1.29 is 28.3 Å². The Morgan fingerprint density at radius 1 is 1.32 bits per heavy atom. The zero-order valence-corrected chi connectivity index (χ0v) is 10.1. The molecule has 1 heterocycles. The van der Waals surface area contributed by atoms with Crippen LogP contribution < -0.4 is 10.3 Å². The van der Waals surface area contributed by atoms with Gasteiger partial charge < -0.3 is 0 Å². The molecule has 0 saturated carbocycles. The largest absolute Gasteiger partial charge is 0.416 e. The number of H-pyrrole nitrogens is 1. The molecule has 0 saturated heterocycles. The molecule has 0 spiro atoms. The third-order valence-corrected chi connectivity index (χ3v) is 2.63. The van der Waals surface area contributed by atoms with E-state index >= 15 is 0 Å². The van der Waals surface area contributed by atoms with Gasteiger partial charge >= 0.3 is 12.1 Å². The first kappa shape index (κ1) is 13.3. The molecule has 19 heavy (non-hydrogen) atoms. The highest BCUT2D eigenvalue weighted by Crippen LogP contribution is 2.30. The summed E-state index contributed by atoms with van der Waals surface area (Å²) in [5.74, 6) is -0.653. The molecule has 0 unspecified atom stereocenters. The van der Waals surface area contributed by atoms with E-state index in [2.05, 4.69) is 10.7 Å². The first-order valence-corrected chi connectivity index (χ1v) is 5.42. The molecule has 4 nitrogen and oxygen atoms in total. The van der Waals surface area contributed by atoms with Crippen molar-refractivity contribution in [2.24, 2.45) is 0 Å². The number of rotatable bonds is 2. The van der Waals surface area contributed by atoms with Gasteiger partial charge in [0.05, 0.1) is 11.1 Å². The molecule has 0 aliphatic heterocycles. The van der Waals surface area contributed by atoms with Gasteiger partial charge in [0.1, 0.15) is 17.6 Å². The van der Waals surface area contributed by atoms with Crippen molar-refractivity contribution in [3.8, 4) is 5.69 Å². The molecule has 100 valence electrons. The average molecular weight is 271 g/mol. The number of quaternary nitrogens is 1. The fraction of sp³-hybridized carbons (Fsp3) is 0.167. The Morgan fingerprint density at radius 2 is 2.00 bits per heavy atom. The lowest BCUT2D eigenvalue weighted by molar-refractivity contribution is -0.594. The second kappa shape index (κ2) is 4.51. The summed E-state index contributed by atoms with van der Waals surface area (Å²) in [5.41, 5.74) is 3.25. The molecule has 0 radical (unpaired) electrons. The van der Waals surface area contributed by atoms with E-state index in [0.717, 1.165) is 17.8 Å². The van der Waals surface area contributed by atoms with Gasteiger partial charge in [-0.2, -0.15) is 13.2 Å². The number of aromatic nitrogens is 2. The van der Waals surface area contributed by atoms with E-state index in [9.17, 15) is 18.0 Å². The Labute approximate surface area is 106 Å². The standard InChI is InChI=1S/C12H10F3N3O/c1-7-5-18(6-17-7)10-3-8(11(16)19)2-9(4-10)12(13,14)15/h2-6H,1H3,(H2,16,19)/p+2. The van der Waals surface area contributed by atoms with Crippen LogP contribution in [-0.2, 0) is 6.18 Å². The molecule has 0 atom stereocenters. The lowest BCUT2D eigenvalue weighted by Crippen LogP contribution is -2.56. The van der Waals surface area contributed by atoms with Crippen molar-refractivity contribution in [1.82, 2.24) is 4.98 Å². The summed E-state index contributed by atoms with van der Waals surface area (Å²) in [6.45, 7) is 1.78. The Balaban J connectivity index is 2.61. The van der Waals surface area contributed by atoms with Crippen molar-refractivity contribution in [2.75, 3.05) is 0 Å². The van der Waals surface area contributed by atoms with E-state index < -0.39 is 17.6 Å². The highest BCUT2D eigenvalue weighted by atomic mass is 19.4. The molecule has 1 aromatic heterocycles. The maximum atomic E-state index is 12.8. The predicted molar refractivity (Wildman–Crippen MR) is 59.3 cm³/mol. The number of aryl methyl sites for hydroxylation is 1. The maximum Gasteiger partial charge on any atom is 0.416 e. The van der Waals surface area contributed by atoms with Gasteiger partial charge in [0.25, 0.3) is 0 Å². The summed E-state index contributed by atoms with van der Waals surface area (Å²) < 4.78 is 39.8. The van der Waals surface area contributed by atoms with Crippen LogP contribution in [0, 0.1) is 6.92 Å². The SMILES string of the molecule is Cc1c[n+](-c2cc(C([NH3+])=O)cc(C(F)(F)F)c2)c[nH]1. The summed E-state index contributed by atoms with van der Waals surface area (Å²) in [6, 6.07) is 3.16. The number of carbonyl (C=O) groups excluding carboxylic acids is 1. The third kappa shape index (κ3) is 2.82. The van der Waals surface area contributed by atoms with Crippen LogP contribution in [0.2, 0.25) is 0 Å². The second-order valence-electron chi connectivity index (χ2n) is 4.18. The van der Waals surface area contributed by atoms with Crippen LogP contribution in [0.15, 0.2) is 30.7 Å². The van der Waals surface area contributed by atoms with Crippen molar-refractivity contribution in [3.63, 3.8) is 0 Å². The number of halogens is 3. The number of nitrogens with zero attached hydrogens (tertiary/aromatic N) is 1. The lowest BCUT2D eigenvalue weighted by Gasteiger charge is -2.08. The molecule has 0 aliphatic rings. The number of hydrogen-bond donors (Lipinski definition) is 2. The molecule has 1 aromatic carbocycles. The maximum absolute atomic E-state index is 12.8. The highest BCUT2D eigenvalue weighted by Gasteiger charge is 2.32. The molecule has 2 rings (SSSR count). The lowest BCUT2D eigenvalue weighted by atomic mass is 10.1. The first-order valence-electron chi connectivity index (χ1n) is 5.42. The van der Waals surface area contributed by atoms with Gasteiger partial charge in [0, 0.05) is 13.0 Å². The van der Waals surface area contributed by atoms with Gasteiger partial charge in [-0.3, -0.25) is 5.73 Å². The summed E-state index contributed by atoms with van der Waals surface area (Å²) in [6.07, 6.45) is -1.36. The molecule has 0 bridgehead atoms. The Bertz CT molecular complexity index is 631. The Morgan fingerprint density at radius 3 is 2.47 bits per heavy atom. The van der Waals surface area contributed by atoms with E-state index in [-0.39, 0.29) is 11.3 Å². The number of carbonyl (C=O) groups is 1. The minimum absolute atomic E-state index is 0.0730. The van der Waals surface area contributed by atoms with Crippen LogP contribution in [0.25, 0.3) is 5.69 Å². The summed E-state index contributed by atoms with van der Waals surface area (Å²) in [4.78, 5) is 14.1. The van der Waals surface area contributed by atoms with Gasteiger partial charge in [-0.15, -0.1) is 0 Å². The second-order valence-corrected chi connectivity index (χ2v) is 4.18. The fourth-order valence-corrected chi connectivity index (χ4v) is 1.69. The molecule has 1 amide bonds. The quantitative estimate of drug-likeness (QED) is 0.786. The van der Waals surface area contributed by atoms with E-state index in [0.29, 0.717) is 0 Å². The van der Waals surface area contributed by atoms with Crippen molar-refractivity contribution in [3.05, 3.63) is 47.5 Å². The number of imidazole rings is 1. The van der Waals surface area contributed by atoms with E-state index in [4.69, 9.17) is 0 Å². The van der Waals surface area contributed by atoms with Crippen LogP contribution in [0.4, 0.5) is 13.2 Å². The molecule has 2 aromatic rings. The van der Waals surface area contributed by atoms with Crippen LogP contribution in [0.1, 0.15) is 21.6 Å². The van der Waals surface area contributed by atoms with E-state index in [1.165, 1.54) is 17.0 Å². The van der Waals surface area contributed by atoms with Crippen LogP contribution in [0.3, 0.4) is 0 Å². The average Bonchev–Trinajstić information content (AvgIpc) is 2.74. The fourth-order valence-electron chi connectivity index (χ4n) is 1.69. The molecule has 0 fully saturated rings. The number of benzene rings is 1. The minimum atomic E-state index is -4.51. The zero-order valence-electron chi connectivity index (χ0n) is 10.1. The van der Waals surface area contributed by atoms with Gasteiger partial charge in [-0.1, -0.05) is 0 Å². The summed E-state index contributed by atoms with van der Waals surface area (Å²) >= 11 is 0. The van der Waals surface area contributed by atoms with Crippen molar-refractivity contribution in [1.29, 1.82) is 0 Å². The van der Waals surface area contributed by atoms with E-state index in [1.807, 2.05) is 0 Å². The van der Waals surface area contributed by atoms with Crippen LogP contribution >= 0.6 is 0 Å². The number of alkyl halides is 3. The Hall–Kier alpha value is -2.15. The number of amides is 1. The van der Waals surface area contributed by atoms with Crippen molar-refractivity contribution in [2.45, 2.75) is 13.1 Å². The molecule has 0 aliphatic carbocycles. The first-order chi connectivity index (χ1) is 8.77. The summed E-state index contributed by atoms with van der Waals surface area (Å²) in [7, 11) is 0. The number of aromatic amines is 1. The number of nitrogens with one attached hydrogen (secondary N) is 1. The zero-order chi connectivity index (χ0) is 14.2. The topological polar surface area (TPSA) is 64.4 Å². The molecule has 4 N–H and O–H groups in total. The van der Waals surface area contributed by atoms with Crippen LogP contribution in [0.5, 0.6) is 0 Å². The monoisotopic (exact) mass is 271 g/mol. The minimum Gasteiger partial charge on any atom is -0.290 e. The van der Waals surface area contributed by atoms with Gasteiger partial charge in [0.2, 0.25) is 6.33 Å². The van der Waals surface area contributed by atoms with Gasteiger partial charge in [-0.25, -0.2) is 14.3 Å². The number of hydrogen-bond acceptors (Lipinski definition) is 1. The highest BCUT2D eigenvalue weighted by molar-refractivity contribution is 5.86. The Kier molecular flexibility index (Phi) is 3.15. The van der Waals surface area contributed by atoms with Gasteiger partial charge in [0.15, 0.2) is 0 Å². The smallest absolute Gasteiger partial charge is 0.290 e. The normalized spacial score (nSPS) is 11.6. The van der Waals surface area contributed by atoms with Crippen LogP contribution in [-0.4, -0.2) is 10.9 Å².